The number of Topliss-reactive ketones (excluding diaryl/α,β-unsaturated/α-hetero) is 1. The van der Waals surface area contributed by atoms with E-state index in [1.165, 1.54) is 0 Å². The Morgan fingerprint density at radius 3 is 2.11 bits per heavy atom. The van der Waals surface area contributed by atoms with E-state index in [1.807, 2.05) is 30.3 Å². The van der Waals surface area contributed by atoms with E-state index in [-0.39, 0.29) is 11.7 Å². The van der Waals surface area contributed by atoms with E-state index in [2.05, 4.69) is 51.7 Å². The van der Waals surface area contributed by atoms with Gasteiger partial charge in [-0.1, -0.05) is 63.2 Å². The lowest BCUT2D eigenvalue weighted by Crippen LogP contribution is -2.28. The standard InChI is InChI=1S/C24H33NO2/c1-6-22(23(26)20-12-10-9-11-13-20)21-16-18(4)24(19(5)17-21)27-15-14-25(7-2)8-3/h9-13,16-17,22H,6-8,14-15H2,1-5H3. The Bertz CT molecular complexity index is 712. The minimum absolute atomic E-state index is 0.116. The summed E-state index contributed by atoms with van der Waals surface area (Å²) >= 11 is 0. The normalized spacial score (nSPS) is 12.2. The summed E-state index contributed by atoms with van der Waals surface area (Å²) in [6.45, 7) is 14.2. The number of nitrogens with zero attached hydrogens (tertiary/aromatic N) is 1. The molecule has 2 aromatic carbocycles. The maximum absolute atomic E-state index is 13.0. The van der Waals surface area contributed by atoms with Crippen LogP contribution in [0.15, 0.2) is 42.5 Å². The van der Waals surface area contributed by atoms with E-state index in [9.17, 15) is 4.79 Å². The molecule has 0 saturated carbocycles. The number of rotatable bonds is 10. The average Bonchev–Trinajstić information content (AvgIpc) is 2.68. The van der Waals surface area contributed by atoms with Gasteiger partial charge in [-0.15, -0.1) is 0 Å². The molecule has 2 rings (SSSR count). The summed E-state index contributed by atoms with van der Waals surface area (Å²) in [5, 5.41) is 0. The fourth-order valence-electron chi connectivity index (χ4n) is 3.61. The van der Waals surface area contributed by atoms with Crippen LogP contribution in [0, 0.1) is 13.8 Å². The fourth-order valence-corrected chi connectivity index (χ4v) is 3.61. The van der Waals surface area contributed by atoms with Gasteiger partial charge in [0.15, 0.2) is 5.78 Å². The van der Waals surface area contributed by atoms with Crippen molar-refractivity contribution in [2.45, 2.75) is 47.0 Å². The van der Waals surface area contributed by atoms with Gasteiger partial charge in [-0.2, -0.15) is 0 Å². The molecule has 0 aliphatic carbocycles. The number of ether oxygens (including phenoxy) is 1. The van der Waals surface area contributed by atoms with Gasteiger partial charge in [0.25, 0.3) is 0 Å². The zero-order valence-electron chi connectivity index (χ0n) is 17.4. The third-order valence-corrected chi connectivity index (χ3v) is 5.22. The molecule has 2 aromatic rings. The Morgan fingerprint density at radius 1 is 1.00 bits per heavy atom. The minimum atomic E-state index is -0.116. The molecule has 1 unspecified atom stereocenters. The predicted octanol–water partition coefficient (Wildman–Crippen LogP) is 5.40. The van der Waals surface area contributed by atoms with Gasteiger partial charge in [-0.25, -0.2) is 0 Å². The van der Waals surface area contributed by atoms with Crippen molar-refractivity contribution in [3.05, 3.63) is 64.7 Å². The van der Waals surface area contributed by atoms with Crippen LogP contribution in [-0.4, -0.2) is 36.9 Å². The molecular weight excluding hydrogens is 334 g/mol. The molecule has 0 bridgehead atoms. The molecule has 0 fully saturated rings. The van der Waals surface area contributed by atoms with Crippen molar-refractivity contribution in [2.24, 2.45) is 0 Å². The number of carbonyl (C=O) groups excluding carboxylic acids is 1. The Morgan fingerprint density at radius 2 is 1.59 bits per heavy atom. The van der Waals surface area contributed by atoms with E-state index in [4.69, 9.17) is 4.74 Å². The summed E-state index contributed by atoms with van der Waals surface area (Å²) in [5.74, 6) is 1.02. The van der Waals surface area contributed by atoms with E-state index in [0.717, 1.165) is 54.1 Å². The van der Waals surface area contributed by atoms with Crippen molar-refractivity contribution in [3.63, 3.8) is 0 Å². The lowest BCUT2D eigenvalue weighted by atomic mass is 9.87. The quantitative estimate of drug-likeness (QED) is 0.527. The second-order valence-electron chi connectivity index (χ2n) is 7.05. The van der Waals surface area contributed by atoms with E-state index < -0.39 is 0 Å². The van der Waals surface area contributed by atoms with E-state index >= 15 is 0 Å². The van der Waals surface area contributed by atoms with Crippen LogP contribution in [-0.2, 0) is 0 Å². The minimum Gasteiger partial charge on any atom is -0.492 e. The van der Waals surface area contributed by atoms with Gasteiger partial charge >= 0.3 is 0 Å². The topological polar surface area (TPSA) is 29.5 Å². The van der Waals surface area contributed by atoms with Gasteiger partial charge in [-0.05, 0) is 50.0 Å². The molecule has 0 radical (unpaired) electrons. The van der Waals surface area contributed by atoms with Crippen LogP contribution in [0.4, 0.5) is 0 Å². The molecule has 27 heavy (non-hydrogen) atoms. The van der Waals surface area contributed by atoms with Crippen LogP contribution in [0.5, 0.6) is 5.75 Å². The second-order valence-corrected chi connectivity index (χ2v) is 7.05. The van der Waals surface area contributed by atoms with Crippen molar-refractivity contribution >= 4 is 5.78 Å². The van der Waals surface area contributed by atoms with Crippen LogP contribution in [0.1, 0.15) is 60.2 Å². The maximum atomic E-state index is 13.0. The number of benzene rings is 2. The number of likely N-dealkylation sites (N-methyl/N-ethyl adjacent to an activating group) is 1. The molecule has 146 valence electrons. The highest BCUT2D eigenvalue weighted by atomic mass is 16.5. The fraction of sp³-hybridized carbons (Fsp3) is 0.458. The van der Waals surface area contributed by atoms with Gasteiger partial charge in [0.2, 0.25) is 0 Å². The Labute approximate surface area is 164 Å². The summed E-state index contributed by atoms with van der Waals surface area (Å²) < 4.78 is 6.09. The zero-order chi connectivity index (χ0) is 19.8. The van der Waals surface area contributed by atoms with Gasteiger partial charge in [0.05, 0.1) is 0 Å². The van der Waals surface area contributed by atoms with Crippen molar-refractivity contribution < 1.29 is 9.53 Å². The first-order valence-electron chi connectivity index (χ1n) is 10.1. The molecule has 0 amide bonds. The smallest absolute Gasteiger partial charge is 0.170 e. The molecule has 1 atom stereocenters. The zero-order valence-corrected chi connectivity index (χ0v) is 17.4. The molecule has 0 aliphatic heterocycles. The van der Waals surface area contributed by atoms with Crippen molar-refractivity contribution in [1.82, 2.24) is 4.90 Å². The van der Waals surface area contributed by atoms with Crippen LogP contribution in [0.25, 0.3) is 0 Å². The Balaban J connectivity index is 2.17. The van der Waals surface area contributed by atoms with Crippen molar-refractivity contribution in [3.8, 4) is 5.75 Å². The van der Waals surface area contributed by atoms with Crippen LogP contribution < -0.4 is 4.74 Å². The molecule has 0 aromatic heterocycles. The van der Waals surface area contributed by atoms with Gasteiger partial charge < -0.3 is 9.64 Å². The number of carbonyl (C=O) groups is 1. The van der Waals surface area contributed by atoms with Crippen LogP contribution >= 0.6 is 0 Å². The van der Waals surface area contributed by atoms with E-state index in [1.54, 1.807) is 0 Å². The van der Waals surface area contributed by atoms with Crippen molar-refractivity contribution in [1.29, 1.82) is 0 Å². The van der Waals surface area contributed by atoms with Gasteiger partial charge in [-0.3, -0.25) is 4.79 Å². The van der Waals surface area contributed by atoms with Crippen molar-refractivity contribution in [2.75, 3.05) is 26.2 Å². The third kappa shape index (κ3) is 5.43. The SMILES string of the molecule is CCC(C(=O)c1ccccc1)c1cc(C)c(OCCN(CC)CC)c(C)c1. The monoisotopic (exact) mass is 367 g/mol. The van der Waals surface area contributed by atoms with E-state index in [0.29, 0.717) is 6.61 Å². The highest BCUT2D eigenvalue weighted by Gasteiger charge is 2.22. The molecule has 0 N–H and O–H groups in total. The first-order valence-corrected chi connectivity index (χ1v) is 10.1. The average molecular weight is 368 g/mol. The summed E-state index contributed by atoms with van der Waals surface area (Å²) in [4.78, 5) is 15.3. The maximum Gasteiger partial charge on any atom is 0.170 e. The first-order chi connectivity index (χ1) is 13.0. The summed E-state index contributed by atoms with van der Waals surface area (Å²) in [6.07, 6.45) is 0.786. The Hall–Kier alpha value is -2.13. The second kappa shape index (κ2) is 10.3. The summed E-state index contributed by atoms with van der Waals surface area (Å²) in [7, 11) is 0. The highest BCUT2D eigenvalue weighted by Crippen LogP contribution is 2.31. The van der Waals surface area contributed by atoms with Gasteiger partial charge in [0.1, 0.15) is 12.4 Å². The summed E-state index contributed by atoms with van der Waals surface area (Å²) in [5.41, 5.74) is 4.06. The number of aryl methyl sites for hydroxylation is 2. The molecule has 3 heteroatoms. The largest absolute Gasteiger partial charge is 0.492 e. The molecule has 3 nitrogen and oxygen atoms in total. The van der Waals surface area contributed by atoms with Crippen LogP contribution in [0.3, 0.4) is 0 Å². The first kappa shape index (κ1) is 21.2. The number of ketones is 1. The molecular formula is C24H33NO2. The highest BCUT2D eigenvalue weighted by molar-refractivity contribution is 6.01. The molecule has 0 aliphatic rings. The lowest BCUT2D eigenvalue weighted by molar-refractivity contribution is 0.0957. The molecule has 0 heterocycles. The molecule has 0 saturated heterocycles. The molecule has 0 spiro atoms. The Kier molecular flexibility index (Phi) is 8.05. The number of hydrogen-bond acceptors (Lipinski definition) is 3. The van der Waals surface area contributed by atoms with Crippen LogP contribution in [0.2, 0.25) is 0 Å². The third-order valence-electron chi connectivity index (χ3n) is 5.22. The number of hydrogen-bond donors (Lipinski definition) is 0. The summed E-state index contributed by atoms with van der Waals surface area (Å²) in [6, 6.07) is 13.8. The lowest BCUT2D eigenvalue weighted by Gasteiger charge is -2.21. The van der Waals surface area contributed by atoms with Gasteiger partial charge in [0, 0.05) is 18.0 Å². The predicted molar refractivity (Wildman–Crippen MR) is 113 cm³/mol.